The Bertz CT molecular complexity index is 796. The van der Waals surface area contributed by atoms with Gasteiger partial charge in [0.1, 0.15) is 5.69 Å². The lowest BCUT2D eigenvalue weighted by molar-refractivity contribution is 0.0946. The van der Waals surface area contributed by atoms with Gasteiger partial charge in [0.25, 0.3) is 5.91 Å². The predicted octanol–water partition coefficient (Wildman–Crippen LogP) is 2.73. The number of carbonyl (C=O) groups is 1. The number of rotatable bonds is 5. The van der Waals surface area contributed by atoms with E-state index in [9.17, 15) is 13.2 Å². The number of hydrogen-bond donors (Lipinski definition) is 1. The molecular formula is C18H20N2O3S. The Labute approximate surface area is 142 Å². The smallest absolute Gasteiger partial charge is 0.270 e. The van der Waals surface area contributed by atoms with Crippen molar-refractivity contribution in [1.29, 1.82) is 0 Å². The van der Waals surface area contributed by atoms with Crippen LogP contribution in [0.5, 0.6) is 0 Å². The molecule has 1 N–H and O–H groups in total. The van der Waals surface area contributed by atoms with Crippen molar-refractivity contribution in [1.82, 2.24) is 10.3 Å². The number of sulfone groups is 1. The Morgan fingerprint density at radius 3 is 2.42 bits per heavy atom. The van der Waals surface area contributed by atoms with Gasteiger partial charge in [-0.3, -0.25) is 9.78 Å². The predicted molar refractivity (Wildman–Crippen MR) is 91.3 cm³/mol. The third-order valence-corrected chi connectivity index (χ3v) is 6.62. The molecule has 1 amide bonds. The minimum atomic E-state index is -3.23. The van der Waals surface area contributed by atoms with Gasteiger partial charge >= 0.3 is 0 Å². The van der Waals surface area contributed by atoms with Gasteiger partial charge in [0.05, 0.1) is 10.1 Å². The standard InChI is InChI=1S/C18H20N2O3S/c21-18(17-7-3-4-12-19-17)20-13-14-8-10-16(11-9-14)24(22,23)15-5-1-2-6-15/h3-4,7-12,15H,1-2,5-6,13H2,(H,20,21). The molecule has 1 aromatic heterocycles. The molecule has 0 atom stereocenters. The van der Waals surface area contributed by atoms with Crippen LogP contribution in [0.3, 0.4) is 0 Å². The molecule has 2 aromatic rings. The molecule has 24 heavy (non-hydrogen) atoms. The SMILES string of the molecule is O=C(NCc1ccc(S(=O)(=O)C2CCCC2)cc1)c1ccccn1. The van der Waals surface area contributed by atoms with Crippen LogP contribution in [0, 0.1) is 0 Å². The van der Waals surface area contributed by atoms with E-state index < -0.39 is 9.84 Å². The van der Waals surface area contributed by atoms with Crippen molar-refractivity contribution < 1.29 is 13.2 Å². The van der Waals surface area contributed by atoms with Crippen molar-refractivity contribution in [3.8, 4) is 0 Å². The molecule has 0 bridgehead atoms. The number of nitrogens with one attached hydrogen (secondary N) is 1. The molecule has 1 aliphatic carbocycles. The van der Waals surface area contributed by atoms with Gasteiger partial charge in [-0.2, -0.15) is 0 Å². The van der Waals surface area contributed by atoms with E-state index in [1.165, 1.54) is 0 Å². The molecule has 126 valence electrons. The summed E-state index contributed by atoms with van der Waals surface area (Å²) in [5, 5.41) is 2.53. The highest BCUT2D eigenvalue weighted by Gasteiger charge is 2.29. The van der Waals surface area contributed by atoms with E-state index in [4.69, 9.17) is 0 Å². The lowest BCUT2D eigenvalue weighted by atomic mass is 10.2. The van der Waals surface area contributed by atoms with Crippen molar-refractivity contribution in [2.45, 2.75) is 42.4 Å². The first kappa shape index (κ1) is 16.6. The Balaban J connectivity index is 1.63. The van der Waals surface area contributed by atoms with E-state index >= 15 is 0 Å². The largest absolute Gasteiger partial charge is 0.347 e. The zero-order chi connectivity index (χ0) is 17.0. The summed E-state index contributed by atoms with van der Waals surface area (Å²) in [6, 6.07) is 11.9. The highest BCUT2D eigenvalue weighted by atomic mass is 32.2. The number of hydrogen-bond acceptors (Lipinski definition) is 4. The van der Waals surface area contributed by atoms with Crippen molar-refractivity contribution >= 4 is 15.7 Å². The molecule has 0 saturated heterocycles. The summed E-state index contributed by atoms with van der Waals surface area (Å²) >= 11 is 0. The minimum Gasteiger partial charge on any atom is -0.347 e. The molecule has 1 aromatic carbocycles. The monoisotopic (exact) mass is 344 g/mol. The van der Waals surface area contributed by atoms with Gasteiger partial charge in [-0.05, 0) is 42.7 Å². The first-order valence-electron chi connectivity index (χ1n) is 8.09. The van der Waals surface area contributed by atoms with Crippen LogP contribution >= 0.6 is 0 Å². The minimum absolute atomic E-state index is 0.243. The van der Waals surface area contributed by atoms with Crippen molar-refractivity contribution in [3.05, 3.63) is 59.9 Å². The second kappa shape index (κ2) is 7.13. The average Bonchev–Trinajstić information content (AvgIpc) is 3.16. The van der Waals surface area contributed by atoms with Crippen molar-refractivity contribution in [3.63, 3.8) is 0 Å². The third kappa shape index (κ3) is 3.64. The molecule has 3 rings (SSSR count). The molecular weight excluding hydrogens is 324 g/mol. The van der Waals surface area contributed by atoms with Gasteiger partial charge in [-0.1, -0.05) is 31.0 Å². The van der Waals surface area contributed by atoms with Crippen LogP contribution in [-0.4, -0.2) is 24.6 Å². The summed E-state index contributed by atoms with van der Waals surface area (Å²) in [7, 11) is -3.23. The molecule has 0 aliphatic heterocycles. The molecule has 0 radical (unpaired) electrons. The second-order valence-electron chi connectivity index (χ2n) is 5.99. The average molecular weight is 344 g/mol. The van der Waals surface area contributed by atoms with Gasteiger partial charge in [0.2, 0.25) is 0 Å². The van der Waals surface area contributed by atoms with E-state index in [0.29, 0.717) is 17.1 Å². The summed E-state index contributed by atoms with van der Waals surface area (Å²) in [6.45, 7) is 0.333. The van der Waals surface area contributed by atoms with E-state index in [0.717, 1.165) is 31.2 Å². The Hall–Kier alpha value is -2.21. The summed E-state index contributed by atoms with van der Waals surface area (Å²) in [5.74, 6) is -0.252. The topological polar surface area (TPSA) is 76.1 Å². The van der Waals surface area contributed by atoms with Gasteiger partial charge < -0.3 is 5.32 Å². The fourth-order valence-electron chi connectivity index (χ4n) is 2.96. The zero-order valence-electron chi connectivity index (χ0n) is 13.3. The van der Waals surface area contributed by atoms with E-state index in [1.807, 2.05) is 0 Å². The fraction of sp³-hybridized carbons (Fsp3) is 0.333. The van der Waals surface area contributed by atoms with Crippen LogP contribution < -0.4 is 5.32 Å². The van der Waals surface area contributed by atoms with Gasteiger partial charge in [-0.25, -0.2) is 8.42 Å². The van der Waals surface area contributed by atoms with E-state index in [1.54, 1.807) is 48.7 Å². The normalized spacial score (nSPS) is 15.3. The number of benzene rings is 1. The van der Waals surface area contributed by atoms with Crippen molar-refractivity contribution in [2.24, 2.45) is 0 Å². The summed E-state index contributed by atoms with van der Waals surface area (Å²) < 4.78 is 25.0. The first-order valence-corrected chi connectivity index (χ1v) is 9.64. The van der Waals surface area contributed by atoms with Crippen LogP contribution in [-0.2, 0) is 16.4 Å². The second-order valence-corrected chi connectivity index (χ2v) is 8.22. The Morgan fingerprint density at radius 2 is 1.79 bits per heavy atom. The van der Waals surface area contributed by atoms with Gasteiger partial charge in [-0.15, -0.1) is 0 Å². The van der Waals surface area contributed by atoms with Crippen LogP contribution in [0.4, 0.5) is 0 Å². The highest BCUT2D eigenvalue weighted by Crippen LogP contribution is 2.29. The Morgan fingerprint density at radius 1 is 1.08 bits per heavy atom. The number of nitrogens with zero attached hydrogens (tertiary/aromatic N) is 1. The number of pyridine rings is 1. The summed E-state index contributed by atoms with van der Waals surface area (Å²) in [5.41, 5.74) is 1.21. The van der Waals surface area contributed by atoms with Crippen LogP contribution in [0.1, 0.15) is 41.7 Å². The van der Waals surface area contributed by atoms with Crippen LogP contribution in [0.25, 0.3) is 0 Å². The third-order valence-electron chi connectivity index (χ3n) is 4.34. The first-order chi connectivity index (χ1) is 11.6. The number of carbonyl (C=O) groups excluding carboxylic acids is 1. The quantitative estimate of drug-likeness (QED) is 0.905. The molecule has 1 fully saturated rings. The summed E-state index contributed by atoms with van der Waals surface area (Å²) in [6.07, 6.45) is 5.05. The molecule has 1 heterocycles. The molecule has 6 heteroatoms. The lowest BCUT2D eigenvalue weighted by Gasteiger charge is -2.12. The highest BCUT2D eigenvalue weighted by molar-refractivity contribution is 7.92. The molecule has 5 nitrogen and oxygen atoms in total. The number of amides is 1. The fourth-order valence-corrected chi connectivity index (χ4v) is 4.81. The van der Waals surface area contributed by atoms with Crippen LogP contribution in [0.15, 0.2) is 53.6 Å². The maximum Gasteiger partial charge on any atom is 0.270 e. The van der Waals surface area contributed by atoms with E-state index in [-0.39, 0.29) is 11.2 Å². The molecule has 1 aliphatic rings. The maximum atomic E-state index is 12.5. The lowest BCUT2D eigenvalue weighted by Crippen LogP contribution is -2.23. The molecule has 1 saturated carbocycles. The van der Waals surface area contributed by atoms with Gasteiger partial charge in [0, 0.05) is 12.7 Å². The van der Waals surface area contributed by atoms with Gasteiger partial charge in [0.15, 0.2) is 9.84 Å². The van der Waals surface area contributed by atoms with Crippen LogP contribution in [0.2, 0.25) is 0 Å². The zero-order valence-corrected chi connectivity index (χ0v) is 14.1. The van der Waals surface area contributed by atoms with E-state index in [2.05, 4.69) is 10.3 Å². The Kier molecular flexibility index (Phi) is 4.94. The maximum absolute atomic E-state index is 12.5. The van der Waals surface area contributed by atoms with Crippen molar-refractivity contribution in [2.75, 3.05) is 0 Å². The summed E-state index contributed by atoms with van der Waals surface area (Å²) in [4.78, 5) is 16.3. The number of aromatic nitrogens is 1. The molecule has 0 spiro atoms. The molecule has 0 unspecified atom stereocenters.